The summed E-state index contributed by atoms with van der Waals surface area (Å²) in [6.45, 7) is 24.7. The maximum atomic E-state index is 2.76. The van der Waals surface area contributed by atoms with Crippen LogP contribution in [0.25, 0.3) is 10.1 Å². The minimum absolute atomic E-state index is 0.115. The number of para-hydroxylation sites is 2. The van der Waals surface area contributed by atoms with Gasteiger partial charge in [-0.05, 0) is 148 Å². The van der Waals surface area contributed by atoms with Crippen molar-refractivity contribution < 1.29 is 0 Å². The standard InChI is InChI=1S/C50H55BN2S/c1-30-16-14-17-31(2)44(30)53-40-21-15-20-39-43(40)51(38-27-35-36(28-41(38)53)49(7,8)24-23-48(35,5)6)46-45(52(39)32-18-12-11-13-19-32)33-26-34-37(29-42(33)54-46)50(9,10)25-22-47(34,3)4/h11-19,21,26-29,39H,20,22-25H2,1-10H3. The second kappa shape index (κ2) is 11.3. The second-order valence-electron chi connectivity index (χ2n) is 19.9. The van der Waals surface area contributed by atoms with E-state index in [1.807, 2.05) is 0 Å². The molecule has 0 saturated carbocycles. The lowest BCUT2D eigenvalue weighted by atomic mass is 9.33. The number of hydrogen-bond acceptors (Lipinski definition) is 3. The molecule has 4 heteroatoms. The van der Waals surface area contributed by atoms with Crippen LogP contribution in [-0.4, -0.2) is 12.8 Å². The van der Waals surface area contributed by atoms with Crippen molar-refractivity contribution in [1.29, 1.82) is 0 Å². The van der Waals surface area contributed by atoms with E-state index in [1.165, 1.54) is 91.1 Å². The van der Waals surface area contributed by atoms with Crippen LogP contribution in [-0.2, 0) is 21.7 Å². The number of hydrogen-bond donors (Lipinski definition) is 0. The highest BCUT2D eigenvalue weighted by molar-refractivity contribution is 7.32. The third kappa shape index (κ3) is 4.71. The van der Waals surface area contributed by atoms with E-state index in [4.69, 9.17) is 0 Å². The topological polar surface area (TPSA) is 6.48 Å². The number of anilines is 4. The fourth-order valence-electron chi connectivity index (χ4n) is 11.2. The Morgan fingerprint density at radius 2 is 1.22 bits per heavy atom. The van der Waals surface area contributed by atoms with Crippen LogP contribution in [0.1, 0.15) is 121 Å². The van der Waals surface area contributed by atoms with Crippen LogP contribution in [0, 0.1) is 13.8 Å². The van der Waals surface area contributed by atoms with Crippen LogP contribution in [0.15, 0.2) is 96.1 Å². The summed E-state index contributed by atoms with van der Waals surface area (Å²) in [5.41, 5.74) is 19.3. The van der Waals surface area contributed by atoms with Gasteiger partial charge in [-0.2, -0.15) is 0 Å². The van der Waals surface area contributed by atoms with Crippen LogP contribution in [0.3, 0.4) is 0 Å². The third-order valence-corrected chi connectivity index (χ3v) is 15.8. The van der Waals surface area contributed by atoms with Crippen molar-refractivity contribution in [3.63, 3.8) is 0 Å². The molecule has 5 aromatic rings. The minimum Gasteiger partial charge on any atom is -0.334 e. The molecule has 3 aliphatic carbocycles. The Bertz CT molecular complexity index is 2450. The van der Waals surface area contributed by atoms with Crippen LogP contribution >= 0.6 is 11.3 Å². The second-order valence-corrected chi connectivity index (χ2v) is 21.0. The first-order chi connectivity index (χ1) is 25.6. The van der Waals surface area contributed by atoms with Crippen molar-refractivity contribution in [2.75, 3.05) is 9.80 Å². The Kier molecular flexibility index (Phi) is 7.20. The Morgan fingerprint density at radius 1 is 0.648 bits per heavy atom. The van der Waals surface area contributed by atoms with Gasteiger partial charge in [0.1, 0.15) is 0 Å². The van der Waals surface area contributed by atoms with Gasteiger partial charge in [0, 0.05) is 31.9 Å². The number of benzene rings is 4. The molecule has 0 radical (unpaired) electrons. The first-order valence-electron chi connectivity index (χ1n) is 20.5. The zero-order valence-corrected chi connectivity index (χ0v) is 34.9. The van der Waals surface area contributed by atoms with Gasteiger partial charge in [-0.1, -0.05) is 104 Å². The van der Waals surface area contributed by atoms with Crippen molar-refractivity contribution >= 4 is 61.1 Å². The molecule has 4 aromatic carbocycles. The summed E-state index contributed by atoms with van der Waals surface area (Å²) in [4.78, 5) is 5.45. The molecule has 2 aliphatic heterocycles. The number of rotatable bonds is 2. The fraction of sp³-hybridized carbons (Fsp3) is 0.400. The Labute approximate surface area is 328 Å². The highest BCUT2D eigenvalue weighted by Crippen LogP contribution is 2.55. The number of fused-ring (bicyclic) bond motifs is 8. The van der Waals surface area contributed by atoms with Crippen LogP contribution < -0.4 is 20.0 Å². The van der Waals surface area contributed by atoms with Gasteiger partial charge < -0.3 is 9.80 Å². The summed E-state index contributed by atoms with van der Waals surface area (Å²) in [5, 5.41) is 1.44. The average Bonchev–Trinajstić information content (AvgIpc) is 3.50. The predicted octanol–water partition coefficient (Wildman–Crippen LogP) is 12.3. The van der Waals surface area contributed by atoms with Crippen molar-refractivity contribution in [2.24, 2.45) is 0 Å². The summed E-state index contributed by atoms with van der Waals surface area (Å²) in [6.07, 6.45) is 10.8. The van der Waals surface area contributed by atoms with E-state index < -0.39 is 0 Å². The van der Waals surface area contributed by atoms with Gasteiger partial charge in [-0.15, -0.1) is 11.3 Å². The van der Waals surface area contributed by atoms with Crippen LogP contribution in [0.4, 0.5) is 22.7 Å². The molecule has 0 bridgehead atoms. The first-order valence-corrected chi connectivity index (χ1v) is 21.3. The first kappa shape index (κ1) is 34.5. The van der Waals surface area contributed by atoms with Crippen molar-refractivity contribution in [1.82, 2.24) is 0 Å². The molecular weight excluding hydrogens is 671 g/mol. The summed E-state index contributed by atoms with van der Waals surface area (Å²) >= 11 is 2.08. The van der Waals surface area contributed by atoms with Gasteiger partial charge in [0.15, 0.2) is 0 Å². The molecule has 5 aliphatic rings. The van der Waals surface area contributed by atoms with Gasteiger partial charge in [0.05, 0.1) is 17.4 Å². The molecule has 274 valence electrons. The van der Waals surface area contributed by atoms with Gasteiger partial charge >= 0.3 is 0 Å². The lowest BCUT2D eigenvalue weighted by molar-refractivity contribution is 0.332. The molecule has 0 fully saturated rings. The molecule has 0 saturated heterocycles. The monoisotopic (exact) mass is 726 g/mol. The maximum absolute atomic E-state index is 2.76. The van der Waals surface area contributed by atoms with E-state index in [2.05, 4.69) is 175 Å². The molecule has 1 atom stereocenters. The van der Waals surface area contributed by atoms with E-state index in [-0.39, 0.29) is 34.4 Å². The highest BCUT2D eigenvalue weighted by atomic mass is 32.1. The van der Waals surface area contributed by atoms with E-state index >= 15 is 0 Å². The molecule has 0 N–H and O–H groups in total. The normalized spacial score (nSPS) is 22.4. The quantitative estimate of drug-likeness (QED) is 0.167. The lowest BCUT2D eigenvalue weighted by Gasteiger charge is -2.50. The predicted molar refractivity (Wildman–Crippen MR) is 235 cm³/mol. The lowest BCUT2D eigenvalue weighted by Crippen LogP contribution is -2.60. The number of allylic oxidation sites excluding steroid dienone is 1. The largest absolute Gasteiger partial charge is 0.334 e. The molecule has 0 amide bonds. The number of aryl methyl sites for hydroxylation is 2. The molecule has 1 unspecified atom stereocenters. The average molecular weight is 727 g/mol. The van der Waals surface area contributed by atoms with Gasteiger partial charge in [-0.3, -0.25) is 0 Å². The Balaban J connectivity index is 1.35. The van der Waals surface area contributed by atoms with Crippen molar-refractivity contribution in [3.8, 4) is 0 Å². The molecule has 2 nitrogen and oxygen atoms in total. The molecule has 10 rings (SSSR count). The molecule has 3 heterocycles. The van der Waals surface area contributed by atoms with Crippen molar-refractivity contribution in [3.05, 3.63) is 129 Å². The SMILES string of the molecule is Cc1cccc(C)c1N1C2=C3B(c4cc5c(cc41)C(C)(C)CCC5(C)C)c1sc4cc5c(cc4c1N(c1ccccc1)C3CC=C2)C(C)(C)CCC5(C)C. The maximum Gasteiger partial charge on any atom is 0.259 e. The van der Waals surface area contributed by atoms with Gasteiger partial charge in [0.2, 0.25) is 0 Å². The minimum atomic E-state index is 0.115. The highest BCUT2D eigenvalue weighted by Gasteiger charge is 2.51. The van der Waals surface area contributed by atoms with E-state index in [9.17, 15) is 0 Å². The smallest absolute Gasteiger partial charge is 0.259 e. The molecular formula is C50H55BN2S. The Morgan fingerprint density at radius 3 is 1.85 bits per heavy atom. The summed E-state index contributed by atoms with van der Waals surface area (Å²) in [5.74, 6) is 0. The van der Waals surface area contributed by atoms with E-state index in [1.54, 1.807) is 22.2 Å². The summed E-state index contributed by atoms with van der Waals surface area (Å²) in [7, 11) is 0. The molecule has 54 heavy (non-hydrogen) atoms. The van der Waals surface area contributed by atoms with Crippen molar-refractivity contribution in [2.45, 2.75) is 129 Å². The Hall–Kier alpha value is -4.02. The molecule has 0 spiro atoms. The fourth-order valence-corrected chi connectivity index (χ4v) is 12.5. The van der Waals surface area contributed by atoms with Gasteiger partial charge in [0.25, 0.3) is 6.71 Å². The van der Waals surface area contributed by atoms with Crippen LogP contribution in [0.5, 0.6) is 0 Å². The zero-order valence-electron chi connectivity index (χ0n) is 34.1. The summed E-state index contributed by atoms with van der Waals surface area (Å²) in [6, 6.07) is 29.0. The number of nitrogens with zero attached hydrogens (tertiary/aromatic N) is 2. The zero-order chi connectivity index (χ0) is 37.7. The van der Waals surface area contributed by atoms with E-state index in [0.29, 0.717) is 0 Å². The van der Waals surface area contributed by atoms with Crippen LogP contribution in [0.2, 0.25) is 0 Å². The third-order valence-electron chi connectivity index (χ3n) is 14.6. The molecule has 1 aromatic heterocycles. The summed E-state index contributed by atoms with van der Waals surface area (Å²) < 4.78 is 2.96. The number of thiophene rings is 1. The van der Waals surface area contributed by atoms with Gasteiger partial charge in [-0.25, -0.2) is 0 Å². The van der Waals surface area contributed by atoms with E-state index in [0.717, 1.165) is 6.42 Å².